The van der Waals surface area contributed by atoms with Gasteiger partial charge in [-0.15, -0.1) is 0 Å². The van der Waals surface area contributed by atoms with Gasteiger partial charge in [-0.3, -0.25) is 9.36 Å². The minimum absolute atomic E-state index is 0.0830. The van der Waals surface area contributed by atoms with Gasteiger partial charge in [0.1, 0.15) is 6.54 Å². The number of hydrogen-bond acceptors (Lipinski definition) is 6. The highest BCUT2D eigenvalue weighted by Gasteiger charge is 2.20. The number of imidazole rings is 1. The molecule has 0 aliphatic heterocycles. The summed E-state index contributed by atoms with van der Waals surface area (Å²) in [6, 6.07) is 9.63. The first-order valence-electron chi connectivity index (χ1n) is 10.9. The van der Waals surface area contributed by atoms with E-state index >= 15 is 0 Å². The van der Waals surface area contributed by atoms with Gasteiger partial charge in [0.25, 0.3) is 5.56 Å². The zero-order valence-corrected chi connectivity index (χ0v) is 18.9. The Balaban J connectivity index is 1.84. The molecular weight excluding hydrogens is 408 g/mol. The van der Waals surface area contributed by atoms with Crippen molar-refractivity contribution >= 4 is 11.2 Å². The summed E-state index contributed by atoms with van der Waals surface area (Å²) in [5.74, 6) is 1.48. The minimum Gasteiger partial charge on any atom is -0.337 e. The van der Waals surface area contributed by atoms with Gasteiger partial charge in [-0.25, -0.2) is 14.3 Å². The summed E-state index contributed by atoms with van der Waals surface area (Å²) >= 11 is 0. The Morgan fingerprint density at radius 1 is 0.969 bits per heavy atom. The van der Waals surface area contributed by atoms with Crippen molar-refractivity contribution in [2.24, 2.45) is 11.8 Å². The van der Waals surface area contributed by atoms with Gasteiger partial charge in [-0.05, 0) is 17.4 Å². The van der Waals surface area contributed by atoms with E-state index in [2.05, 4.69) is 42.8 Å². The van der Waals surface area contributed by atoms with Crippen LogP contribution in [0.3, 0.4) is 0 Å². The second kappa shape index (κ2) is 8.94. The molecule has 4 rings (SSSR count). The van der Waals surface area contributed by atoms with Crippen LogP contribution < -0.4 is 11.2 Å². The molecule has 0 saturated heterocycles. The van der Waals surface area contributed by atoms with Crippen molar-refractivity contribution in [1.82, 2.24) is 28.8 Å². The molecule has 0 radical (unpaired) electrons. The summed E-state index contributed by atoms with van der Waals surface area (Å²) in [5, 5.41) is 3.98. The lowest BCUT2D eigenvalue weighted by atomic mass is 10.1. The summed E-state index contributed by atoms with van der Waals surface area (Å²) in [6.45, 7) is 9.10. The number of rotatable bonds is 8. The van der Waals surface area contributed by atoms with E-state index in [1.54, 1.807) is 6.33 Å². The van der Waals surface area contributed by atoms with Gasteiger partial charge in [0, 0.05) is 13.0 Å². The number of aromatic nitrogens is 6. The third-order valence-corrected chi connectivity index (χ3v) is 5.12. The molecule has 4 aromatic rings. The predicted molar refractivity (Wildman–Crippen MR) is 121 cm³/mol. The number of benzene rings is 1. The van der Waals surface area contributed by atoms with Gasteiger partial charge in [0.15, 0.2) is 17.0 Å². The molecule has 3 aromatic heterocycles. The van der Waals surface area contributed by atoms with Crippen molar-refractivity contribution in [2.75, 3.05) is 0 Å². The van der Waals surface area contributed by atoms with Crippen LogP contribution in [0.4, 0.5) is 0 Å². The maximum absolute atomic E-state index is 13.4. The Morgan fingerprint density at radius 3 is 2.41 bits per heavy atom. The van der Waals surface area contributed by atoms with Crippen LogP contribution in [0.25, 0.3) is 11.2 Å². The molecule has 0 atom stereocenters. The standard InChI is InChI=1S/C23H28N6O3/c1-15(2)10-18-25-19(32-26-18)13-29-22(30)20-21(24-14-27(20)11-16(3)4)28(23(29)31)12-17-8-6-5-7-9-17/h5-9,14-16H,10-13H2,1-4H3. The van der Waals surface area contributed by atoms with Crippen LogP contribution in [0.1, 0.15) is 45.0 Å². The van der Waals surface area contributed by atoms with Crippen molar-refractivity contribution in [3.63, 3.8) is 0 Å². The van der Waals surface area contributed by atoms with Gasteiger partial charge < -0.3 is 9.09 Å². The lowest BCUT2D eigenvalue weighted by Crippen LogP contribution is -2.41. The van der Waals surface area contributed by atoms with Gasteiger partial charge in [0.2, 0.25) is 5.89 Å². The third-order valence-electron chi connectivity index (χ3n) is 5.12. The molecule has 0 N–H and O–H groups in total. The Labute approximate surface area is 185 Å². The smallest absolute Gasteiger partial charge is 0.333 e. The van der Waals surface area contributed by atoms with Gasteiger partial charge in [-0.1, -0.05) is 63.2 Å². The largest absolute Gasteiger partial charge is 0.337 e. The fourth-order valence-electron chi connectivity index (χ4n) is 3.76. The van der Waals surface area contributed by atoms with E-state index in [4.69, 9.17) is 4.52 Å². The molecule has 0 saturated carbocycles. The average molecular weight is 437 g/mol. The average Bonchev–Trinajstić information content (AvgIpc) is 3.35. The van der Waals surface area contributed by atoms with Gasteiger partial charge in [-0.2, -0.15) is 4.98 Å². The van der Waals surface area contributed by atoms with Crippen molar-refractivity contribution < 1.29 is 4.52 Å². The molecular formula is C23H28N6O3. The molecule has 168 valence electrons. The highest BCUT2D eigenvalue weighted by Crippen LogP contribution is 2.12. The number of hydrogen-bond donors (Lipinski definition) is 0. The Kier molecular flexibility index (Phi) is 6.07. The molecule has 0 unspecified atom stereocenters. The van der Waals surface area contributed by atoms with E-state index < -0.39 is 11.2 Å². The summed E-state index contributed by atoms with van der Waals surface area (Å²) in [7, 11) is 0. The topological polar surface area (TPSA) is 101 Å². The third kappa shape index (κ3) is 4.42. The lowest BCUT2D eigenvalue weighted by molar-refractivity contribution is 0.360. The second-order valence-electron chi connectivity index (χ2n) is 8.91. The molecule has 0 fully saturated rings. The molecule has 0 spiro atoms. The molecule has 0 amide bonds. The molecule has 32 heavy (non-hydrogen) atoms. The summed E-state index contributed by atoms with van der Waals surface area (Å²) in [5.41, 5.74) is 0.861. The van der Waals surface area contributed by atoms with E-state index in [1.807, 2.05) is 34.9 Å². The zero-order chi connectivity index (χ0) is 22.8. The van der Waals surface area contributed by atoms with E-state index in [0.717, 1.165) is 10.1 Å². The minimum atomic E-state index is -0.454. The fourth-order valence-corrected chi connectivity index (χ4v) is 3.76. The predicted octanol–water partition coefficient (Wildman–Crippen LogP) is 2.69. The Bertz CT molecular complexity index is 1330. The summed E-state index contributed by atoms with van der Waals surface area (Å²) < 4.78 is 9.85. The zero-order valence-electron chi connectivity index (χ0n) is 18.9. The van der Waals surface area contributed by atoms with Crippen LogP contribution in [-0.4, -0.2) is 28.8 Å². The second-order valence-corrected chi connectivity index (χ2v) is 8.91. The van der Waals surface area contributed by atoms with E-state index in [1.165, 1.54) is 4.57 Å². The number of nitrogens with zero attached hydrogens (tertiary/aromatic N) is 6. The molecule has 9 nitrogen and oxygen atoms in total. The highest BCUT2D eigenvalue weighted by atomic mass is 16.5. The SMILES string of the molecule is CC(C)Cc1noc(Cn2c(=O)c3c(ncn3CC(C)C)n(Cc3ccccc3)c2=O)n1. The Morgan fingerprint density at radius 2 is 1.72 bits per heavy atom. The molecule has 0 aliphatic rings. The summed E-state index contributed by atoms with van der Waals surface area (Å²) in [4.78, 5) is 35.6. The van der Waals surface area contributed by atoms with E-state index in [0.29, 0.717) is 48.3 Å². The fraction of sp³-hybridized carbons (Fsp3) is 0.435. The monoisotopic (exact) mass is 436 g/mol. The lowest BCUT2D eigenvalue weighted by Gasteiger charge is -2.12. The normalized spacial score (nSPS) is 11.8. The van der Waals surface area contributed by atoms with Crippen LogP contribution in [0.15, 0.2) is 50.8 Å². The van der Waals surface area contributed by atoms with Gasteiger partial charge >= 0.3 is 5.69 Å². The maximum atomic E-state index is 13.4. The molecule has 9 heteroatoms. The summed E-state index contributed by atoms with van der Waals surface area (Å²) in [6.07, 6.45) is 2.29. The first-order chi connectivity index (χ1) is 15.3. The van der Waals surface area contributed by atoms with Crippen molar-refractivity contribution in [1.29, 1.82) is 0 Å². The van der Waals surface area contributed by atoms with Crippen LogP contribution >= 0.6 is 0 Å². The van der Waals surface area contributed by atoms with Crippen LogP contribution in [-0.2, 0) is 26.1 Å². The van der Waals surface area contributed by atoms with Crippen LogP contribution in [0.5, 0.6) is 0 Å². The van der Waals surface area contributed by atoms with Crippen LogP contribution in [0.2, 0.25) is 0 Å². The highest BCUT2D eigenvalue weighted by molar-refractivity contribution is 5.70. The molecule has 0 bridgehead atoms. The quantitative estimate of drug-likeness (QED) is 0.421. The maximum Gasteiger partial charge on any atom is 0.333 e. The van der Waals surface area contributed by atoms with Gasteiger partial charge in [0.05, 0.1) is 12.9 Å². The first kappa shape index (κ1) is 21.7. The molecule has 0 aliphatic carbocycles. The molecule has 3 heterocycles. The van der Waals surface area contributed by atoms with Crippen molar-refractivity contribution in [3.8, 4) is 0 Å². The van der Waals surface area contributed by atoms with Crippen LogP contribution in [0, 0.1) is 11.8 Å². The Hall–Kier alpha value is -3.49. The number of fused-ring (bicyclic) bond motifs is 1. The van der Waals surface area contributed by atoms with E-state index in [9.17, 15) is 9.59 Å². The van der Waals surface area contributed by atoms with E-state index in [-0.39, 0.29) is 12.4 Å². The first-order valence-corrected chi connectivity index (χ1v) is 10.9. The van der Waals surface area contributed by atoms with Crippen molar-refractivity contribution in [2.45, 2.75) is 53.8 Å². The molecule has 1 aromatic carbocycles. The van der Waals surface area contributed by atoms with Crippen molar-refractivity contribution in [3.05, 3.63) is 74.8 Å².